The average Bonchev–Trinajstić information content (AvgIpc) is 2.90. The third-order valence-corrected chi connectivity index (χ3v) is 3.09. The Balaban J connectivity index is 2.01. The van der Waals surface area contributed by atoms with E-state index in [1.807, 2.05) is 0 Å². The molecule has 0 aliphatic carbocycles. The van der Waals surface area contributed by atoms with Gasteiger partial charge in [0.1, 0.15) is 11.4 Å². The summed E-state index contributed by atoms with van der Waals surface area (Å²) in [5, 5.41) is 9.84. The van der Waals surface area contributed by atoms with Crippen LogP contribution in [0.25, 0.3) is 11.0 Å². The molecule has 0 spiro atoms. The lowest BCUT2D eigenvalue weighted by Gasteiger charge is -1.96. The molecule has 20 heavy (non-hydrogen) atoms. The number of hydrogen-bond donors (Lipinski definition) is 1. The van der Waals surface area contributed by atoms with Crippen LogP contribution in [0.15, 0.2) is 52.9 Å². The van der Waals surface area contributed by atoms with E-state index in [-0.39, 0.29) is 18.2 Å². The molecular weight excluding hydrogens is 259 g/mol. The normalized spacial score (nSPS) is 10.9. The van der Waals surface area contributed by atoms with Gasteiger partial charge in [-0.1, -0.05) is 6.07 Å². The van der Waals surface area contributed by atoms with Crippen molar-refractivity contribution in [1.82, 2.24) is 0 Å². The molecule has 0 saturated carbocycles. The minimum absolute atomic E-state index is 0.0671. The number of benzene rings is 2. The lowest BCUT2D eigenvalue weighted by Crippen LogP contribution is -1.99. The Hall–Kier alpha value is -2.46. The molecule has 100 valence electrons. The molecule has 4 heteroatoms. The highest BCUT2D eigenvalue weighted by Gasteiger charge is 2.14. The molecule has 2 aromatic carbocycles. The van der Waals surface area contributed by atoms with Crippen molar-refractivity contribution >= 4 is 16.8 Å². The zero-order valence-corrected chi connectivity index (χ0v) is 10.5. The smallest absolute Gasteiger partial charge is 0.228 e. The first-order chi connectivity index (χ1) is 9.67. The first kappa shape index (κ1) is 12.6. The predicted octanol–water partition coefficient (Wildman–Crippen LogP) is 3.30. The van der Waals surface area contributed by atoms with E-state index in [2.05, 4.69) is 0 Å². The summed E-state index contributed by atoms with van der Waals surface area (Å²) < 4.78 is 18.3. The molecule has 1 heterocycles. The molecule has 0 atom stereocenters. The van der Waals surface area contributed by atoms with E-state index in [4.69, 9.17) is 9.52 Å². The second-order valence-corrected chi connectivity index (χ2v) is 4.48. The van der Waals surface area contributed by atoms with Gasteiger partial charge in [0.2, 0.25) is 5.78 Å². The minimum atomic E-state index is -0.390. The van der Waals surface area contributed by atoms with E-state index in [0.29, 0.717) is 11.1 Å². The van der Waals surface area contributed by atoms with Gasteiger partial charge in [-0.05, 0) is 48.0 Å². The van der Waals surface area contributed by atoms with E-state index >= 15 is 0 Å². The fourth-order valence-corrected chi connectivity index (χ4v) is 2.05. The summed E-state index contributed by atoms with van der Waals surface area (Å²) in [6, 6.07) is 12.1. The summed E-state index contributed by atoms with van der Waals surface area (Å²) in [4.78, 5) is 12.2. The second kappa shape index (κ2) is 4.90. The van der Waals surface area contributed by atoms with Gasteiger partial charge in [0.25, 0.3) is 0 Å². The number of aliphatic hydroxyl groups is 1. The van der Waals surface area contributed by atoms with Crippen molar-refractivity contribution in [3.05, 3.63) is 71.2 Å². The minimum Gasteiger partial charge on any atom is -0.453 e. The van der Waals surface area contributed by atoms with Gasteiger partial charge in [0.05, 0.1) is 6.61 Å². The molecule has 1 N–H and O–H groups in total. The van der Waals surface area contributed by atoms with Crippen LogP contribution in [0.4, 0.5) is 4.39 Å². The van der Waals surface area contributed by atoms with Gasteiger partial charge in [0, 0.05) is 10.9 Å². The maximum Gasteiger partial charge on any atom is 0.228 e. The standard InChI is InChI=1S/C16H11FO3/c17-13-4-2-11(3-5-13)16(19)15-8-12-7-10(9-18)1-6-14(12)20-15/h1-8,18H,9H2. The van der Waals surface area contributed by atoms with E-state index in [0.717, 1.165) is 10.9 Å². The van der Waals surface area contributed by atoms with E-state index in [9.17, 15) is 9.18 Å². The Bertz CT molecular complexity index is 772. The molecule has 3 nitrogen and oxygen atoms in total. The molecule has 1 aromatic heterocycles. The summed E-state index contributed by atoms with van der Waals surface area (Å²) in [7, 11) is 0. The van der Waals surface area contributed by atoms with Crippen LogP contribution in [-0.4, -0.2) is 10.9 Å². The summed E-state index contributed by atoms with van der Waals surface area (Å²) in [5.41, 5.74) is 1.69. The van der Waals surface area contributed by atoms with Crippen LogP contribution < -0.4 is 0 Å². The number of fused-ring (bicyclic) bond motifs is 1. The monoisotopic (exact) mass is 270 g/mol. The van der Waals surface area contributed by atoms with Gasteiger partial charge in [-0.2, -0.15) is 0 Å². The Morgan fingerprint density at radius 3 is 2.55 bits per heavy atom. The van der Waals surface area contributed by atoms with Crippen LogP contribution in [-0.2, 0) is 6.61 Å². The number of furan rings is 1. The van der Waals surface area contributed by atoms with Crippen LogP contribution in [0.5, 0.6) is 0 Å². The fourth-order valence-electron chi connectivity index (χ4n) is 2.05. The Morgan fingerprint density at radius 1 is 1.10 bits per heavy atom. The average molecular weight is 270 g/mol. The molecule has 0 bridgehead atoms. The number of ketones is 1. The van der Waals surface area contributed by atoms with Crippen molar-refractivity contribution in [1.29, 1.82) is 0 Å². The molecule has 0 aliphatic rings. The van der Waals surface area contributed by atoms with Crippen LogP contribution in [0.2, 0.25) is 0 Å². The predicted molar refractivity (Wildman–Crippen MR) is 72.0 cm³/mol. The van der Waals surface area contributed by atoms with Gasteiger partial charge in [-0.15, -0.1) is 0 Å². The third-order valence-electron chi connectivity index (χ3n) is 3.09. The third kappa shape index (κ3) is 2.21. The Morgan fingerprint density at radius 2 is 1.85 bits per heavy atom. The first-order valence-electron chi connectivity index (χ1n) is 6.11. The van der Waals surface area contributed by atoms with Crippen LogP contribution in [0.1, 0.15) is 21.7 Å². The molecule has 0 saturated heterocycles. The lowest BCUT2D eigenvalue weighted by atomic mass is 10.1. The van der Waals surface area contributed by atoms with Crippen molar-refractivity contribution in [2.24, 2.45) is 0 Å². The first-order valence-corrected chi connectivity index (χ1v) is 6.11. The molecule has 3 rings (SSSR count). The van der Waals surface area contributed by atoms with Gasteiger partial charge in [-0.3, -0.25) is 4.79 Å². The zero-order valence-electron chi connectivity index (χ0n) is 10.5. The van der Waals surface area contributed by atoms with Crippen molar-refractivity contribution < 1.29 is 18.7 Å². The van der Waals surface area contributed by atoms with Crippen molar-refractivity contribution in [3.63, 3.8) is 0 Å². The summed E-state index contributed by atoms with van der Waals surface area (Å²) in [6.45, 7) is -0.0671. The molecular formula is C16H11FO3. The van der Waals surface area contributed by atoms with Crippen molar-refractivity contribution in [2.75, 3.05) is 0 Å². The highest BCUT2D eigenvalue weighted by atomic mass is 19.1. The number of carbonyl (C=O) groups excluding carboxylic acids is 1. The summed E-state index contributed by atoms with van der Waals surface area (Å²) in [6.07, 6.45) is 0. The van der Waals surface area contributed by atoms with Crippen LogP contribution in [0, 0.1) is 5.82 Å². The van der Waals surface area contributed by atoms with Gasteiger partial charge < -0.3 is 9.52 Å². The number of carbonyl (C=O) groups is 1. The second-order valence-electron chi connectivity index (χ2n) is 4.48. The van der Waals surface area contributed by atoms with Crippen molar-refractivity contribution in [2.45, 2.75) is 6.61 Å². The lowest BCUT2D eigenvalue weighted by molar-refractivity contribution is 0.101. The quantitative estimate of drug-likeness (QED) is 0.743. The molecule has 0 aliphatic heterocycles. The van der Waals surface area contributed by atoms with Crippen LogP contribution in [0.3, 0.4) is 0 Å². The van der Waals surface area contributed by atoms with E-state index in [1.54, 1.807) is 24.3 Å². The number of rotatable bonds is 3. The maximum atomic E-state index is 12.8. The maximum absolute atomic E-state index is 12.8. The number of halogens is 1. The molecule has 0 amide bonds. The zero-order chi connectivity index (χ0) is 14.1. The highest BCUT2D eigenvalue weighted by Crippen LogP contribution is 2.23. The fraction of sp³-hybridized carbons (Fsp3) is 0.0625. The van der Waals surface area contributed by atoms with E-state index in [1.165, 1.54) is 24.3 Å². The molecule has 0 radical (unpaired) electrons. The largest absolute Gasteiger partial charge is 0.453 e. The highest BCUT2D eigenvalue weighted by molar-refractivity contribution is 6.08. The molecule has 0 unspecified atom stereocenters. The SMILES string of the molecule is O=C(c1ccc(F)cc1)c1cc2cc(CO)ccc2o1. The van der Waals surface area contributed by atoms with Crippen LogP contribution >= 0.6 is 0 Å². The number of aliphatic hydroxyl groups excluding tert-OH is 1. The number of hydrogen-bond acceptors (Lipinski definition) is 3. The van der Waals surface area contributed by atoms with Gasteiger partial charge >= 0.3 is 0 Å². The molecule has 3 aromatic rings. The van der Waals surface area contributed by atoms with E-state index < -0.39 is 5.82 Å². The Kier molecular flexibility index (Phi) is 3.08. The van der Waals surface area contributed by atoms with Gasteiger partial charge in [-0.25, -0.2) is 4.39 Å². The summed E-state index contributed by atoms with van der Waals surface area (Å²) >= 11 is 0. The Labute approximate surface area is 114 Å². The van der Waals surface area contributed by atoms with Gasteiger partial charge in [0.15, 0.2) is 5.76 Å². The topological polar surface area (TPSA) is 50.4 Å². The van der Waals surface area contributed by atoms with Crippen molar-refractivity contribution in [3.8, 4) is 0 Å². The molecule has 0 fully saturated rings. The summed E-state index contributed by atoms with van der Waals surface area (Å²) in [5.74, 6) is -0.493.